The van der Waals surface area contributed by atoms with E-state index in [0.717, 1.165) is 36.8 Å². The molecular formula is C30H38N6O2. The van der Waals surface area contributed by atoms with Crippen LogP contribution in [0.25, 0.3) is 0 Å². The highest BCUT2D eigenvalue weighted by molar-refractivity contribution is 6.07. The van der Waals surface area contributed by atoms with Gasteiger partial charge in [-0.1, -0.05) is 76.1 Å². The van der Waals surface area contributed by atoms with Crippen LogP contribution < -0.4 is 16.0 Å². The summed E-state index contributed by atoms with van der Waals surface area (Å²) in [6.07, 6.45) is 9.70. The van der Waals surface area contributed by atoms with Gasteiger partial charge in [-0.3, -0.25) is 15.1 Å². The Hall–Kier alpha value is -3.86. The number of carbonyl (C=O) groups is 2. The molecule has 2 aromatic rings. The number of nitriles is 1. The lowest BCUT2D eigenvalue weighted by atomic mass is 9.77. The first kappa shape index (κ1) is 27.2. The van der Waals surface area contributed by atoms with Gasteiger partial charge in [0.05, 0.1) is 18.2 Å². The lowest BCUT2D eigenvalue weighted by Gasteiger charge is -2.33. The zero-order valence-corrected chi connectivity index (χ0v) is 22.2. The third-order valence-corrected chi connectivity index (χ3v) is 7.69. The van der Waals surface area contributed by atoms with E-state index < -0.39 is 5.54 Å². The van der Waals surface area contributed by atoms with Crippen molar-refractivity contribution in [2.45, 2.75) is 83.3 Å². The Kier molecular flexibility index (Phi) is 9.01. The molecule has 2 aliphatic rings. The highest BCUT2D eigenvalue weighted by Crippen LogP contribution is 2.36. The molecule has 0 radical (unpaired) electrons. The number of hydrogen-bond donors (Lipinski definition) is 4. The number of amides is 3. The molecule has 2 fully saturated rings. The number of guanidine groups is 1. The molecule has 2 aromatic carbocycles. The van der Waals surface area contributed by atoms with Gasteiger partial charge < -0.3 is 16.0 Å². The number of hydrogen-bond acceptors (Lipinski definition) is 4. The van der Waals surface area contributed by atoms with Crippen LogP contribution in [0.4, 0.5) is 10.5 Å². The summed E-state index contributed by atoms with van der Waals surface area (Å²) in [6, 6.07) is 16.2. The van der Waals surface area contributed by atoms with Crippen LogP contribution in [0.3, 0.4) is 0 Å². The summed E-state index contributed by atoms with van der Waals surface area (Å²) in [5.41, 5.74) is 2.37. The Morgan fingerprint density at radius 3 is 2.45 bits per heavy atom. The zero-order valence-electron chi connectivity index (χ0n) is 22.2. The predicted octanol–water partition coefficient (Wildman–Crippen LogP) is 5.65. The fourth-order valence-corrected chi connectivity index (χ4v) is 5.56. The topological polar surface area (TPSA) is 121 Å². The second kappa shape index (κ2) is 12.6. The van der Waals surface area contributed by atoms with Gasteiger partial charge in [-0.2, -0.15) is 5.26 Å². The monoisotopic (exact) mass is 514 g/mol. The van der Waals surface area contributed by atoms with E-state index in [1.807, 2.05) is 30.3 Å². The van der Waals surface area contributed by atoms with Gasteiger partial charge in [0, 0.05) is 12.2 Å². The molecule has 200 valence electrons. The smallest absolute Gasteiger partial charge is 0.319 e. The van der Waals surface area contributed by atoms with Crippen molar-refractivity contribution in [1.29, 1.82) is 10.7 Å². The van der Waals surface area contributed by atoms with Crippen LogP contribution in [0, 0.1) is 22.7 Å². The van der Waals surface area contributed by atoms with Crippen LogP contribution in [0.1, 0.15) is 81.4 Å². The highest BCUT2D eigenvalue weighted by Gasteiger charge is 2.49. The second-order valence-electron chi connectivity index (χ2n) is 10.6. The van der Waals surface area contributed by atoms with Gasteiger partial charge in [-0.25, -0.2) is 4.79 Å². The molecule has 1 heterocycles. The molecule has 4 N–H and O–H groups in total. The van der Waals surface area contributed by atoms with Gasteiger partial charge >= 0.3 is 6.03 Å². The first-order valence-corrected chi connectivity index (χ1v) is 13.7. The third kappa shape index (κ3) is 6.71. The molecule has 8 nitrogen and oxygen atoms in total. The largest absolute Gasteiger partial charge is 0.342 e. The van der Waals surface area contributed by atoms with E-state index in [1.165, 1.54) is 32.1 Å². The van der Waals surface area contributed by atoms with Gasteiger partial charge in [-0.05, 0) is 54.2 Å². The molecule has 1 unspecified atom stereocenters. The quantitative estimate of drug-likeness (QED) is 0.327. The molecule has 0 spiro atoms. The SMILES string of the molecule is CCCCC1(CC2CCCCC2)NC(=N)N(Cc2ccc(CNC(=O)Nc3ccc(C#N)cc3)cc2)C1=O. The number of urea groups is 1. The van der Waals surface area contributed by atoms with Gasteiger partial charge in [0.25, 0.3) is 5.91 Å². The summed E-state index contributed by atoms with van der Waals surface area (Å²) in [5.74, 6) is 0.782. The molecule has 38 heavy (non-hydrogen) atoms. The van der Waals surface area contributed by atoms with E-state index in [1.54, 1.807) is 29.2 Å². The molecule has 1 saturated heterocycles. The van der Waals surface area contributed by atoms with Gasteiger partial charge in [0.1, 0.15) is 5.54 Å². The maximum atomic E-state index is 13.7. The van der Waals surface area contributed by atoms with Crippen LogP contribution in [0.15, 0.2) is 48.5 Å². The Balaban J connectivity index is 1.33. The van der Waals surface area contributed by atoms with E-state index in [2.05, 4.69) is 22.9 Å². The van der Waals surface area contributed by atoms with Crippen LogP contribution in [0.2, 0.25) is 0 Å². The van der Waals surface area contributed by atoms with Gasteiger partial charge in [0.15, 0.2) is 5.96 Å². The number of carbonyl (C=O) groups excluding carboxylic acids is 2. The molecule has 1 atom stereocenters. The summed E-state index contributed by atoms with van der Waals surface area (Å²) >= 11 is 0. The van der Waals surface area contributed by atoms with Crippen molar-refractivity contribution in [2.24, 2.45) is 5.92 Å². The first-order valence-electron chi connectivity index (χ1n) is 13.7. The number of unbranched alkanes of at least 4 members (excludes halogenated alkanes) is 1. The summed E-state index contributed by atoms with van der Waals surface area (Å²) in [6.45, 7) is 2.85. The molecule has 1 saturated carbocycles. The van der Waals surface area contributed by atoms with Crippen LogP contribution in [-0.4, -0.2) is 28.3 Å². The fourth-order valence-electron chi connectivity index (χ4n) is 5.56. The minimum atomic E-state index is -0.652. The van der Waals surface area contributed by atoms with Crippen LogP contribution >= 0.6 is 0 Å². The molecule has 3 amide bonds. The Bertz CT molecular complexity index is 1160. The molecule has 4 rings (SSSR count). The molecule has 1 aliphatic carbocycles. The van der Waals surface area contributed by atoms with Gasteiger partial charge in [0.2, 0.25) is 0 Å². The number of benzene rings is 2. The minimum Gasteiger partial charge on any atom is -0.342 e. The van der Waals surface area contributed by atoms with E-state index >= 15 is 0 Å². The Morgan fingerprint density at radius 2 is 1.79 bits per heavy atom. The van der Waals surface area contributed by atoms with Crippen molar-refractivity contribution in [2.75, 3.05) is 5.32 Å². The van der Waals surface area contributed by atoms with E-state index in [4.69, 9.17) is 10.7 Å². The number of anilines is 1. The fraction of sp³-hybridized carbons (Fsp3) is 0.467. The minimum absolute atomic E-state index is 0.0340. The van der Waals surface area contributed by atoms with Crippen molar-refractivity contribution in [3.8, 4) is 6.07 Å². The van der Waals surface area contributed by atoms with Crippen LogP contribution in [0.5, 0.6) is 0 Å². The molecule has 8 heteroatoms. The summed E-state index contributed by atoms with van der Waals surface area (Å²) in [5, 5.41) is 26.4. The summed E-state index contributed by atoms with van der Waals surface area (Å²) in [4.78, 5) is 27.5. The van der Waals surface area contributed by atoms with Crippen molar-refractivity contribution in [1.82, 2.24) is 15.5 Å². The Morgan fingerprint density at radius 1 is 1.11 bits per heavy atom. The van der Waals surface area contributed by atoms with Crippen molar-refractivity contribution in [3.63, 3.8) is 0 Å². The van der Waals surface area contributed by atoms with E-state index in [0.29, 0.717) is 30.3 Å². The predicted molar refractivity (Wildman–Crippen MR) is 148 cm³/mol. The first-order chi connectivity index (χ1) is 18.4. The van der Waals surface area contributed by atoms with Crippen LogP contribution in [-0.2, 0) is 17.9 Å². The van der Waals surface area contributed by atoms with Crippen molar-refractivity contribution >= 4 is 23.6 Å². The third-order valence-electron chi connectivity index (χ3n) is 7.69. The maximum absolute atomic E-state index is 13.7. The Labute approximate surface area is 225 Å². The number of nitrogens with one attached hydrogen (secondary N) is 4. The van der Waals surface area contributed by atoms with E-state index in [-0.39, 0.29) is 17.9 Å². The van der Waals surface area contributed by atoms with E-state index in [9.17, 15) is 9.59 Å². The standard InChI is InChI=1S/C30H38N6O2/c1-2-3-17-30(18-22-7-5-4-6-8-22)27(37)36(28(32)35-30)21-25-11-9-24(10-12-25)20-33-29(38)34-26-15-13-23(19-31)14-16-26/h9-16,22H,2-8,17-18,20-21H2,1H3,(H2,32,35)(H2,33,34,38). The lowest BCUT2D eigenvalue weighted by molar-refractivity contribution is -0.132. The molecule has 0 bridgehead atoms. The average molecular weight is 515 g/mol. The second-order valence-corrected chi connectivity index (χ2v) is 10.6. The van der Waals surface area contributed by atoms with Crippen molar-refractivity contribution < 1.29 is 9.59 Å². The van der Waals surface area contributed by atoms with Crippen molar-refractivity contribution in [3.05, 3.63) is 65.2 Å². The highest BCUT2D eigenvalue weighted by atomic mass is 16.2. The zero-order chi connectivity index (χ0) is 27.0. The van der Waals surface area contributed by atoms with Gasteiger partial charge in [-0.15, -0.1) is 0 Å². The summed E-state index contributed by atoms with van der Waals surface area (Å²) < 4.78 is 0. The normalized spacial score (nSPS) is 19.6. The maximum Gasteiger partial charge on any atom is 0.319 e. The number of nitrogens with zero attached hydrogens (tertiary/aromatic N) is 2. The molecule has 0 aromatic heterocycles. The average Bonchev–Trinajstić information content (AvgIpc) is 3.16. The number of rotatable bonds is 10. The molecular weight excluding hydrogens is 476 g/mol. The molecule has 1 aliphatic heterocycles. The summed E-state index contributed by atoms with van der Waals surface area (Å²) in [7, 11) is 0. The lowest BCUT2D eigenvalue weighted by Crippen LogP contribution is -2.48.